The molecule has 1 amide bonds. The maximum atomic E-state index is 12.2. The van der Waals surface area contributed by atoms with Crippen LogP contribution < -0.4 is 10.2 Å². The highest BCUT2D eigenvalue weighted by Gasteiger charge is 2.14. The van der Waals surface area contributed by atoms with Crippen molar-refractivity contribution in [2.24, 2.45) is 0 Å². The Labute approximate surface area is 153 Å². The summed E-state index contributed by atoms with van der Waals surface area (Å²) in [5.74, 6) is 1.52. The smallest absolute Gasteiger partial charge is 0.224 e. The van der Waals surface area contributed by atoms with Crippen molar-refractivity contribution in [3.05, 3.63) is 52.4 Å². The Morgan fingerprint density at radius 2 is 1.96 bits per heavy atom. The van der Waals surface area contributed by atoms with Crippen LogP contribution in [0.1, 0.15) is 36.3 Å². The number of benzene rings is 1. The standard InChI is InChI=1S/C19H23ClN4O/c1-14-11-18(24-9-5-2-6-10-24)23-17(22-14)13-21-19(25)12-15-7-3-4-8-16(15)20/h3-4,7-8,11H,2,5-6,9-10,12-13H2,1H3,(H,21,25). The number of carbonyl (C=O) groups is 1. The van der Waals surface area contributed by atoms with Crippen LogP contribution in [0.2, 0.25) is 5.02 Å². The lowest BCUT2D eigenvalue weighted by Gasteiger charge is -2.28. The highest BCUT2D eigenvalue weighted by Crippen LogP contribution is 2.18. The molecular weight excluding hydrogens is 336 g/mol. The summed E-state index contributed by atoms with van der Waals surface area (Å²) in [4.78, 5) is 23.5. The average molecular weight is 359 g/mol. The van der Waals surface area contributed by atoms with E-state index < -0.39 is 0 Å². The number of carbonyl (C=O) groups excluding carboxylic acids is 1. The van der Waals surface area contributed by atoms with Crippen molar-refractivity contribution in [1.29, 1.82) is 0 Å². The predicted octanol–water partition coefficient (Wildman–Crippen LogP) is 3.29. The van der Waals surface area contributed by atoms with Crippen molar-refractivity contribution in [3.63, 3.8) is 0 Å². The molecule has 1 aliphatic heterocycles. The number of anilines is 1. The molecule has 1 aromatic heterocycles. The van der Waals surface area contributed by atoms with Crippen LogP contribution in [0, 0.1) is 6.92 Å². The molecule has 1 saturated heterocycles. The highest BCUT2D eigenvalue weighted by atomic mass is 35.5. The van der Waals surface area contributed by atoms with Gasteiger partial charge in [0.15, 0.2) is 0 Å². The molecule has 6 heteroatoms. The number of piperidine rings is 1. The second-order valence-corrected chi connectivity index (χ2v) is 6.78. The molecule has 25 heavy (non-hydrogen) atoms. The summed E-state index contributed by atoms with van der Waals surface area (Å²) in [6, 6.07) is 9.40. The molecule has 1 fully saturated rings. The number of hydrogen-bond donors (Lipinski definition) is 1. The Kier molecular flexibility index (Phi) is 5.87. The van der Waals surface area contributed by atoms with Crippen LogP contribution in [-0.2, 0) is 17.8 Å². The quantitative estimate of drug-likeness (QED) is 0.891. The van der Waals surface area contributed by atoms with Gasteiger partial charge in [0.25, 0.3) is 0 Å². The van der Waals surface area contributed by atoms with Crippen LogP contribution in [-0.4, -0.2) is 29.0 Å². The summed E-state index contributed by atoms with van der Waals surface area (Å²) in [7, 11) is 0. The monoisotopic (exact) mass is 358 g/mol. The zero-order valence-electron chi connectivity index (χ0n) is 14.5. The van der Waals surface area contributed by atoms with Gasteiger partial charge in [-0.1, -0.05) is 29.8 Å². The van der Waals surface area contributed by atoms with Crippen molar-refractivity contribution in [1.82, 2.24) is 15.3 Å². The molecule has 0 radical (unpaired) electrons. The third kappa shape index (κ3) is 4.92. The van der Waals surface area contributed by atoms with Crippen LogP contribution in [0.15, 0.2) is 30.3 Å². The summed E-state index contributed by atoms with van der Waals surface area (Å²) in [5, 5.41) is 3.50. The molecule has 2 heterocycles. The van der Waals surface area contributed by atoms with Gasteiger partial charge >= 0.3 is 0 Å². The van der Waals surface area contributed by atoms with Crippen LogP contribution in [0.4, 0.5) is 5.82 Å². The number of rotatable bonds is 5. The summed E-state index contributed by atoms with van der Waals surface area (Å²) in [6.45, 7) is 4.36. The normalized spacial score (nSPS) is 14.4. The molecule has 1 aliphatic rings. The molecule has 5 nitrogen and oxygen atoms in total. The largest absolute Gasteiger partial charge is 0.357 e. The maximum absolute atomic E-state index is 12.2. The molecule has 0 atom stereocenters. The third-order valence-electron chi connectivity index (χ3n) is 4.32. The Morgan fingerprint density at radius 3 is 2.72 bits per heavy atom. The number of amides is 1. The summed E-state index contributed by atoms with van der Waals surface area (Å²) in [5.41, 5.74) is 1.74. The van der Waals surface area contributed by atoms with Crippen molar-refractivity contribution in [3.8, 4) is 0 Å². The fraction of sp³-hybridized carbons (Fsp3) is 0.421. The van der Waals surface area contributed by atoms with Gasteiger partial charge in [-0.3, -0.25) is 4.79 Å². The molecule has 0 unspecified atom stereocenters. The minimum absolute atomic E-state index is 0.0854. The fourth-order valence-electron chi connectivity index (χ4n) is 3.03. The van der Waals surface area contributed by atoms with E-state index in [-0.39, 0.29) is 12.3 Å². The van der Waals surface area contributed by atoms with Gasteiger partial charge in [-0.05, 0) is 37.8 Å². The predicted molar refractivity (Wildman–Crippen MR) is 99.8 cm³/mol. The lowest BCUT2D eigenvalue weighted by molar-refractivity contribution is -0.120. The van der Waals surface area contributed by atoms with Gasteiger partial charge in [0.1, 0.15) is 11.6 Å². The molecule has 0 bridgehead atoms. The molecule has 2 aromatic rings. The maximum Gasteiger partial charge on any atom is 0.224 e. The van der Waals surface area contributed by atoms with E-state index >= 15 is 0 Å². The molecule has 0 spiro atoms. The first kappa shape index (κ1) is 17.7. The Morgan fingerprint density at radius 1 is 1.20 bits per heavy atom. The SMILES string of the molecule is Cc1cc(N2CCCCC2)nc(CNC(=O)Cc2ccccc2Cl)n1. The van der Waals surface area contributed by atoms with E-state index in [0.717, 1.165) is 30.2 Å². The van der Waals surface area contributed by atoms with Crippen LogP contribution in [0.5, 0.6) is 0 Å². The van der Waals surface area contributed by atoms with Gasteiger partial charge in [0, 0.05) is 29.9 Å². The van der Waals surface area contributed by atoms with E-state index in [2.05, 4.69) is 20.2 Å². The highest BCUT2D eigenvalue weighted by molar-refractivity contribution is 6.31. The number of aromatic nitrogens is 2. The first-order valence-corrected chi connectivity index (χ1v) is 9.09. The van der Waals surface area contributed by atoms with Crippen molar-refractivity contribution in [2.75, 3.05) is 18.0 Å². The molecule has 132 valence electrons. The third-order valence-corrected chi connectivity index (χ3v) is 4.69. The van der Waals surface area contributed by atoms with E-state index in [4.69, 9.17) is 11.6 Å². The van der Waals surface area contributed by atoms with Crippen LogP contribution in [0.3, 0.4) is 0 Å². The summed E-state index contributed by atoms with van der Waals surface area (Å²) >= 11 is 6.10. The minimum Gasteiger partial charge on any atom is -0.357 e. The number of nitrogens with one attached hydrogen (secondary N) is 1. The van der Waals surface area contributed by atoms with Crippen molar-refractivity contribution in [2.45, 2.75) is 39.2 Å². The van der Waals surface area contributed by atoms with Crippen molar-refractivity contribution < 1.29 is 4.79 Å². The number of halogens is 1. The van der Waals surface area contributed by atoms with E-state index in [9.17, 15) is 4.79 Å². The second kappa shape index (κ2) is 8.30. The lowest BCUT2D eigenvalue weighted by Crippen LogP contribution is -2.31. The van der Waals surface area contributed by atoms with Crippen molar-refractivity contribution >= 4 is 23.3 Å². The number of aryl methyl sites for hydroxylation is 1. The Bertz CT molecular complexity index is 744. The van der Waals surface area contributed by atoms with E-state index in [0.29, 0.717) is 17.4 Å². The zero-order chi connectivity index (χ0) is 17.6. The van der Waals surface area contributed by atoms with Gasteiger partial charge in [-0.25, -0.2) is 9.97 Å². The molecule has 3 rings (SSSR count). The molecule has 0 aliphatic carbocycles. The summed E-state index contributed by atoms with van der Waals surface area (Å²) in [6.07, 6.45) is 3.94. The molecule has 0 saturated carbocycles. The lowest BCUT2D eigenvalue weighted by atomic mass is 10.1. The van der Waals surface area contributed by atoms with E-state index in [1.807, 2.05) is 31.2 Å². The van der Waals surface area contributed by atoms with Gasteiger partial charge in [0.2, 0.25) is 5.91 Å². The van der Waals surface area contributed by atoms with Gasteiger partial charge in [0.05, 0.1) is 13.0 Å². The Balaban J connectivity index is 1.61. The fourth-order valence-corrected chi connectivity index (χ4v) is 3.23. The first-order chi connectivity index (χ1) is 12.1. The Hall–Kier alpha value is -2.14. The molecule has 1 aromatic carbocycles. The molecular formula is C19H23ClN4O. The van der Waals surface area contributed by atoms with Crippen LogP contribution >= 0.6 is 11.6 Å². The minimum atomic E-state index is -0.0854. The first-order valence-electron chi connectivity index (χ1n) is 8.71. The number of hydrogen-bond acceptors (Lipinski definition) is 4. The van der Waals surface area contributed by atoms with Gasteiger partial charge < -0.3 is 10.2 Å². The second-order valence-electron chi connectivity index (χ2n) is 6.38. The van der Waals surface area contributed by atoms with Gasteiger partial charge in [-0.2, -0.15) is 0 Å². The average Bonchev–Trinajstić information content (AvgIpc) is 2.62. The van der Waals surface area contributed by atoms with E-state index in [1.54, 1.807) is 6.07 Å². The van der Waals surface area contributed by atoms with Gasteiger partial charge in [-0.15, -0.1) is 0 Å². The summed E-state index contributed by atoms with van der Waals surface area (Å²) < 4.78 is 0. The van der Waals surface area contributed by atoms with Crippen LogP contribution in [0.25, 0.3) is 0 Å². The zero-order valence-corrected chi connectivity index (χ0v) is 15.2. The van der Waals surface area contributed by atoms with E-state index in [1.165, 1.54) is 19.3 Å². The number of nitrogens with zero attached hydrogens (tertiary/aromatic N) is 3. The topological polar surface area (TPSA) is 58.1 Å². The molecule has 1 N–H and O–H groups in total.